The zero-order valence-corrected chi connectivity index (χ0v) is 11.9. The maximum Gasteiger partial charge on any atom is 0.319 e. The van der Waals surface area contributed by atoms with Gasteiger partial charge in [0.1, 0.15) is 0 Å². The van der Waals surface area contributed by atoms with E-state index >= 15 is 0 Å². The van der Waals surface area contributed by atoms with Crippen LogP contribution >= 0.6 is 22.9 Å². The van der Waals surface area contributed by atoms with Crippen molar-refractivity contribution >= 4 is 39.6 Å². The van der Waals surface area contributed by atoms with E-state index in [9.17, 15) is 4.79 Å². The monoisotopic (exact) mass is 306 g/mol. The molecule has 5 nitrogen and oxygen atoms in total. The number of halogens is 1. The maximum absolute atomic E-state index is 11.8. The number of benzene rings is 1. The van der Waals surface area contributed by atoms with Gasteiger partial charge in [0.05, 0.1) is 12.2 Å². The number of fused-ring (bicyclic) bond motifs is 1. The van der Waals surface area contributed by atoms with Crippen LogP contribution in [0, 0.1) is 0 Å². The van der Waals surface area contributed by atoms with Gasteiger partial charge >= 0.3 is 6.03 Å². The van der Waals surface area contributed by atoms with Gasteiger partial charge in [-0.3, -0.25) is 4.40 Å². The average Bonchev–Trinajstić information content (AvgIpc) is 2.99. The van der Waals surface area contributed by atoms with Crippen molar-refractivity contribution in [3.63, 3.8) is 0 Å². The number of amides is 2. The molecule has 0 saturated carbocycles. The van der Waals surface area contributed by atoms with Crippen LogP contribution in [-0.4, -0.2) is 15.4 Å². The van der Waals surface area contributed by atoms with Crippen LogP contribution in [0.1, 0.15) is 5.69 Å². The Balaban J connectivity index is 1.61. The maximum atomic E-state index is 11.8. The number of nitrogens with one attached hydrogen (secondary N) is 2. The van der Waals surface area contributed by atoms with E-state index in [4.69, 9.17) is 11.6 Å². The second kappa shape index (κ2) is 5.52. The molecule has 3 rings (SSSR count). The van der Waals surface area contributed by atoms with Gasteiger partial charge in [0.25, 0.3) is 0 Å². The molecule has 0 spiro atoms. The third-order valence-electron chi connectivity index (χ3n) is 2.73. The molecule has 0 fully saturated rings. The SMILES string of the molecule is O=C(NCc1csc2nccn12)Nc1cccc(Cl)c1. The molecule has 2 N–H and O–H groups in total. The summed E-state index contributed by atoms with van der Waals surface area (Å²) in [5, 5.41) is 8.09. The number of anilines is 1. The number of thiazole rings is 1. The first-order valence-corrected chi connectivity index (χ1v) is 7.18. The molecule has 0 aliphatic rings. The van der Waals surface area contributed by atoms with Crippen molar-refractivity contribution in [2.24, 2.45) is 0 Å². The van der Waals surface area contributed by atoms with Gasteiger partial charge in [0.15, 0.2) is 4.96 Å². The molecule has 2 aromatic heterocycles. The highest BCUT2D eigenvalue weighted by atomic mass is 35.5. The molecule has 0 radical (unpaired) electrons. The molecule has 0 atom stereocenters. The van der Waals surface area contributed by atoms with E-state index in [2.05, 4.69) is 15.6 Å². The van der Waals surface area contributed by atoms with Crippen molar-refractivity contribution < 1.29 is 4.79 Å². The highest BCUT2D eigenvalue weighted by Crippen LogP contribution is 2.15. The molecule has 2 amide bonds. The number of imidazole rings is 1. The molecule has 0 bridgehead atoms. The van der Waals surface area contributed by atoms with Crippen LogP contribution in [0.25, 0.3) is 4.96 Å². The highest BCUT2D eigenvalue weighted by Gasteiger charge is 2.06. The van der Waals surface area contributed by atoms with Crippen LogP contribution in [0.3, 0.4) is 0 Å². The lowest BCUT2D eigenvalue weighted by Gasteiger charge is -2.07. The van der Waals surface area contributed by atoms with Gasteiger partial charge in [-0.15, -0.1) is 11.3 Å². The van der Waals surface area contributed by atoms with Crippen LogP contribution < -0.4 is 10.6 Å². The number of rotatable bonds is 3. The molecule has 2 heterocycles. The minimum Gasteiger partial charge on any atom is -0.332 e. The summed E-state index contributed by atoms with van der Waals surface area (Å²) in [6.45, 7) is 0.433. The van der Waals surface area contributed by atoms with Gasteiger partial charge in [0, 0.05) is 28.5 Å². The fraction of sp³-hybridized carbons (Fsp3) is 0.0769. The number of nitrogens with zero attached hydrogens (tertiary/aromatic N) is 2. The number of carbonyl (C=O) groups excluding carboxylic acids is 1. The van der Waals surface area contributed by atoms with Crippen LogP contribution in [0.15, 0.2) is 42.0 Å². The predicted molar refractivity (Wildman–Crippen MR) is 80.4 cm³/mol. The van der Waals surface area contributed by atoms with Crippen LogP contribution in [-0.2, 0) is 6.54 Å². The first-order chi connectivity index (χ1) is 9.72. The summed E-state index contributed by atoms with van der Waals surface area (Å²) in [6.07, 6.45) is 3.61. The quantitative estimate of drug-likeness (QED) is 0.779. The van der Waals surface area contributed by atoms with Gasteiger partial charge in [0.2, 0.25) is 0 Å². The van der Waals surface area contributed by atoms with Gasteiger partial charge in [-0.2, -0.15) is 0 Å². The van der Waals surface area contributed by atoms with Crippen molar-refractivity contribution in [2.45, 2.75) is 6.54 Å². The Morgan fingerprint density at radius 3 is 3.20 bits per heavy atom. The summed E-state index contributed by atoms with van der Waals surface area (Å²) in [7, 11) is 0. The molecule has 0 aliphatic carbocycles. The van der Waals surface area contributed by atoms with E-state index in [-0.39, 0.29) is 6.03 Å². The molecular formula is C13H11ClN4OS. The zero-order chi connectivity index (χ0) is 13.9. The van der Waals surface area contributed by atoms with Gasteiger partial charge in [-0.25, -0.2) is 9.78 Å². The Morgan fingerprint density at radius 2 is 2.35 bits per heavy atom. The lowest BCUT2D eigenvalue weighted by Crippen LogP contribution is -2.28. The van der Waals surface area contributed by atoms with Crippen LogP contribution in [0.2, 0.25) is 5.02 Å². The third-order valence-corrected chi connectivity index (χ3v) is 3.87. The number of carbonyl (C=O) groups is 1. The van der Waals surface area contributed by atoms with E-state index in [1.807, 2.05) is 16.0 Å². The second-order valence-electron chi connectivity index (χ2n) is 4.12. The molecule has 0 aliphatic heterocycles. The van der Waals surface area contributed by atoms with Crippen molar-refractivity contribution in [2.75, 3.05) is 5.32 Å². The van der Waals surface area contributed by atoms with Crippen molar-refractivity contribution in [3.8, 4) is 0 Å². The molecule has 0 saturated heterocycles. The average molecular weight is 307 g/mol. The van der Waals surface area contributed by atoms with Crippen molar-refractivity contribution in [1.29, 1.82) is 0 Å². The standard InChI is InChI=1S/C13H11ClN4OS/c14-9-2-1-3-10(6-9)17-12(19)16-7-11-8-20-13-15-4-5-18(11)13/h1-6,8H,7H2,(H2,16,17,19). The first-order valence-electron chi connectivity index (χ1n) is 5.92. The summed E-state index contributed by atoms with van der Waals surface area (Å²) >= 11 is 7.40. The van der Waals surface area contributed by atoms with Gasteiger partial charge in [-0.05, 0) is 18.2 Å². The second-order valence-corrected chi connectivity index (χ2v) is 5.40. The normalized spacial score (nSPS) is 10.7. The molecule has 102 valence electrons. The molecule has 1 aromatic carbocycles. The molecule has 3 aromatic rings. The number of hydrogen-bond donors (Lipinski definition) is 2. The van der Waals surface area contributed by atoms with Gasteiger partial charge in [-0.1, -0.05) is 17.7 Å². The summed E-state index contributed by atoms with van der Waals surface area (Å²) in [6, 6.07) is 6.74. The summed E-state index contributed by atoms with van der Waals surface area (Å²) in [5.74, 6) is 0. The fourth-order valence-electron chi connectivity index (χ4n) is 1.81. The molecule has 7 heteroatoms. The van der Waals surface area contributed by atoms with E-state index in [0.717, 1.165) is 10.7 Å². The molecule has 20 heavy (non-hydrogen) atoms. The van der Waals surface area contributed by atoms with E-state index in [1.165, 1.54) is 0 Å². The predicted octanol–water partition coefficient (Wildman–Crippen LogP) is 3.37. The Bertz CT molecular complexity index is 752. The minimum atomic E-state index is -0.272. The van der Waals surface area contributed by atoms with Crippen LogP contribution in [0.5, 0.6) is 0 Å². The Hall–Kier alpha value is -2.05. The molecular weight excluding hydrogens is 296 g/mol. The Labute approximate surface area is 124 Å². The first kappa shape index (κ1) is 13.0. The smallest absolute Gasteiger partial charge is 0.319 e. The zero-order valence-electron chi connectivity index (χ0n) is 10.3. The minimum absolute atomic E-state index is 0.272. The van der Waals surface area contributed by atoms with E-state index in [0.29, 0.717) is 17.3 Å². The van der Waals surface area contributed by atoms with E-state index < -0.39 is 0 Å². The number of aromatic nitrogens is 2. The number of hydrogen-bond acceptors (Lipinski definition) is 3. The molecule has 0 unspecified atom stereocenters. The largest absolute Gasteiger partial charge is 0.332 e. The van der Waals surface area contributed by atoms with Gasteiger partial charge < -0.3 is 10.6 Å². The topological polar surface area (TPSA) is 58.4 Å². The van der Waals surface area contributed by atoms with E-state index in [1.54, 1.807) is 41.8 Å². The highest BCUT2D eigenvalue weighted by molar-refractivity contribution is 7.15. The Morgan fingerprint density at radius 1 is 1.45 bits per heavy atom. The summed E-state index contributed by atoms with van der Waals surface area (Å²) in [4.78, 5) is 16.9. The summed E-state index contributed by atoms with van der Waals surface area (Å²) < 4.78 is 1.95. The van der Waals surface area contributed by atoms with Crippen molar-refractivity contribution in [1.82, 2.24) is 14.7 Å². The lowest BCUT2D eigenvalue weighted by molar-refractivity contribution is 0.251. The Kier molecular flexibility index (Phi) is 3.58. The summed E-state index contributed by atoms with van der Waals surface area (Å²) in [5.41, 5.74) is 1.65. The number of urea groups is 1. The lowest BCUT2D eigenvalue weighted by atomic mass is 10.3. The van der Waals surface area contributed by atoms with Crippen molar-refractivity contribution in [3.05, 3.63) is 52.8 Å². The van der Waals surface area contributed by atoms with Crippen LogP contribution in [0.4, 0.5) is 10.5 Å². The fourth-order valence-corrected chi connectivity index (χ4v) is 2.85. The third kappa shape index (κ3) is 2.76.